The van der Waals surface area contributed by atoms with E-state index in [0.717, 1.165) is 63.4 Å². The zero-order valence-corrected chi connectivity index (χ0v) is 23.6. The summed E-state index contributed by atoms with van der Waals surface area (Å²) in [6, 6.07) is 20.0. The van der Waals surface area contributed by atoms with E-state index in [1.807, 2.05) is 36.4 Å². The van der Waals surface area contributed by atoms with Crippen LogP contribution in [0.25, 0.3) is 6.08 Å². The molecule has 3 aromatic rings. The van der Waals surface area contributed by atoms with Crippen molar-refractivity contribution in [2.24, 2.45) is 0 Å². The summed E-state index contributed by atoms with van der Waals surface area (Å²) in [5.41, 5.74) is 2.96. The third-order valence-electron chi connectivity index (χ3n) is 6.45. The van der Waals surface area contributed by atoms with Crippen LogP contribution in [-0.2, 0) is 5.75 Å². The molecule has 1 aromatic heterocycles. The van der Waals surface area contributed by atoms with E-state index in [1.54, 1.807) is 0 Å². The van der Waals surface area contributed by atoms with Crippen molar-refractivity contribution in [1.82, 2.24) is 20.2 Å². The SMILES string of the molecule is CCCCCNC(=O)c1cccc(CSc2nc(Cl)cc(N3CCN(C/C=C/c4ccccc4)CC3)n2)c1. The van der Waals surface area contributed by atoms with Crippen LogP contribution in [0.2, 0.25) is 5.15 Å². The number of halogens is 1. The molecular weight excluding hydrogens is 514 g/mol. The second kappa shape index (κ2) is 14.9. The van der Waals surface area contributed by atoms with Crippen LogP contribution >= 0.6 is 23.4 Å². The standard InChI is InChI=1S/C30H36ClN5OS/c1-2-3-7-15-32-29(37)26-14-8-12-25(21-26)23-38-30-33-27(31)22-28(34-30)36-19-17-35(18-20-36)16-9-13-24-10-5-4-6-11-24/h4-6,8-14,21-22H,2-3,7,15-20,23H2,1H3,(H,32,37)/b13-9+. The lowest BCUT2D eigenvalue weighted by atomic mass is 10.1. The van der Waals surface area contributed by atoms with Gasteiger partial charge < -0.3 is 10.2 Å². The lowest BCUT2D eigenvalue weighted by molar-refractivity contribution is 0.0953. The maximum absolute atomic E-state index is 12.5. The molecule has 0 atom stereocenters. The van der Waals surface area contributed by atoms with Gasteiger partial charge in [0.25, 0.3) is 5.91 Å². The summed E-state index contributed by atoms with van der Waals surface area (Å²) < 4.78 is 0. The van der Waals surface area contributed by atoms with Gasteiger partial charge >= 0.3 is 0 Å². The molecule has 200 valence electrons. The smallest absolute Gasteiger partial charge is 0.251 e. The van der Waals surface area contributed by atoms with Gasteiger partial charge in [-0.2, -0.15) is 0 Å². The topological polar surface area (TPSA) is 61.4 Å². The van der Waals surface area contributed by atoms with Crippen molar-refractivity contribution < 1.29 is 4.79 Å². The molecule has 0 radical (unpaired) electrons. The number of benzene rings is 2. The fraction of sp³-hybridized carbons (Fsp3) is 0.367. The Morgan fingerprint density at radius 3 is 2.63 bits per heavy atom. The lowest BCUT2D eigenvalue weighted by Crippen LogP contribution is -2.46. The number of thioether (sulfide) groups is 1. The number of aromatic nitrogens is 2. The molecule has 1 amide bonds. The number of carbonyl (C=O) groups is 1. The fourth-order valence-corrected chi connectivity index (χ4v) is 5.33. The summed E-state index contributed by atoms with van der Waals surface area (Å²) in [7, 11) is 0. The first kappa shape index (κ1) is 28.1. The van der Waals surface area contributed by atoms with E-state index in [4.69, 9.17) is 16.6 Å². The van der Waals surface area contributed by atoms with Crippen LogP contribution in [0.5, 0.6) is 0 Å². The highest BCUT2D eigenvalue weighted by molar-refractivity contribution is 7.98. The van der Waals surface area contributed by atoms with Gasteiger partial charge in [-0.1, -0.05) is 97.7 Å². The summed E-state index contributed by atoms with van der Waals surface area (Å²) in [5.74, 6) is 1.51. The summed E-state index contributed by atoms with van der Waals surface area (Å²) in [6.45, 7) is 7.53. The largest absolute Gasteiger partial charge is 0.354 e. The number of nitrogens with zero attached hydrogens (tertiary/aromatic N) is 4. The van der Waals surface area contributed by atoms with Crippen LogP contribution in [-0.4, -0.2) is 60.0 Å². The molecule has 6 nitrogen and oxygen atoms in total. The Balaban J connectivity index is 1.28. The minimum absolute atomic E-state index is 0.0241. The number of nitrogens with one attached hydrogen (secondary N) is 1. The Labute approximate surface area is 235 Å². The van der Waals surface area contributed by atoms with Gasteiger partial charge in [0.05, 0.1) is 0 Å². The summed E-state index contributed by atoms with van der Waals surface area (Å²) in [4.78, 5) is 26.4. The van der Waals surface area contributed by atoms with Crippen LogP contribution in [0.4, 0.5) is 5.82 Å². The van der Waals surface area contributed by atoms with Crippen LogP contribution in [0, 0.1) is 0 Å². The number of anilines is 1. The molecule has 1 saturated heterocycles. The highest BCUT2D eigenvalue weighted by Crippen LogP contribution is 2.25. The van der Waals surface area contributed by atoms with E-state index in [1.165, 1.54) is 17.3 Å². The molecule has 38 heavy (non-hydrogen) atoms. The number of amides is 1. The zero-order chi connectivity index (χ0) is 26.6. The molecule has 1 N–H and O–H groups in total. The normalized spacial score (nSPS) is 14.2. The molecule has 0 spiro atoms. The predicted molar refractivity (Wildman–Crippen MR) is 159 cm³/mol. The second-order valence-electron chi connectivity index (χ2n) is 9.38. The van der Waals surface area contributed by atoms with Gasteiger partial charge in [0.1, 0.15) is 11.0 Å². The molecule has 1 aliphatic heterocycles. The monoisotopic (exact) mass is 549 g/mol. The van der Waals surface area contributed by atoms with Crippen molar-refractivity contribution in [2.75, 3.05) is 44.2 Å². The van der Waals surface area contributed by atoms with Crippen LogP contribution in [0.15, 0.2) is 71.9 Å². The van der Waals surface area contributed by atoms with Gasteiger partial charge in [0, 0.05) is 56.7 Å². The number of unbranched alkanes of at least 4 members (excludes halogenated alkanes) is 2. The first-order chi connectivity index (χ1) is 18.6. The molecule has 2 heterocycles. The summed E-state index contributed by atoms with van der Waals surface area (Å²) in [5, 5.41) is 4.11. The van der Waals surface area contributed by atoms with Crippen molar-refractivity contribution in [3.05, 3.63) is 88.6 Å². The van der Waals surface area contributed by atoms with Gasteiger partial charge in [0.2, 0.25) is 0 Å². The molecule has 1 fully saturated rings. The van der Waals surface area contributed by atoms with E-state index in [2.05, 4.69) is 63.4 Å². The third kappa shape index (κ3) is 8.86. The van der Waals surface area contributed by atoms with E-state index >= 15 is 0 Å². The van der Waals surface area contributed by atoms with Crippen molar-refractivity contribution >= 4 is 41.2 Å². The minimum Gasteiger partial charge on any atom is -0.354 e. The first-order valence-corrected chi connectivity index (χ1v) is 14.7. The van der Waals surface area contributed by atoms with Crippen LogP contribution in [0.1, 0.15) is 47.7 Å². The Bertz CT molecular complexity index is 1200. The Morgan fingerprint density at radius 2 is 1.84 bits per heavy atom. The van der Waals surface area contributed by atoms with Gasteiger partial charge in [-0.05, 0) is 29.7 Å². The predicted octanol–water partition coefficient (Wildman–Crippen LogP) is 6.18. The van der Waals surface area contributed by atoms with Gasteiger partial charge in [0.15, 0.2) is 5.16 Å². The summed E-state index contributed by atoms with van der Waals surface area (Å²) >= 11 is 7.92. The van der Waals surface area contributed by atoms with Crippen molar-refractivity contribution in [1.29, 1.82) is 0 Å². The van der Waals surface area contributed by atoms with E-state index in [9.17, 15) is 4.79 Å². The van der Waals surface area contributed by atoms with Crippen molar-refractivity contribution in [3.63, 3.8) is 0 Å². The van der Waals surface area contributed by atoms with E-state index in [-0.39, 0.29) is 5.91 Å². The van der Waals surface area contributed by atoms with Gasteiger partial charge in [-0.15, -0.1) is 0 Å². The maximum Gasteiger partial charge on any atom is 0.251 e. The number of rotatable bonds is 12. The lowest BCUT2D eigenvalue weighted by Gasteiger charge is -2.35. The molecule has 8 heteroatoms. The Hall–Kier alpha value is -2.87. The number of hydrogen-bond acceptors (Lipinski definition) is 6. The Kier molecular flexibility index (Phi) is 11.0. The first-order valence-electron chi connectivity index (χ1n) is 13.3. The molecule has 1 aliphatic rings. The van der Waals surface area contributed by atoms with Crippen LogP contribution in [0.3, 0.4) is 0 Å². The second-order valence-corrected chi connectivity index (χ2v) is 10.7. The van der Waals surface area contributed by atoms with E-state index < -0.39 is 0 Å². The molecule has 2 aromatic carbocycles. The van der Waals surface area contributed by atoms with Gasteiger partial charge in [-0.25, -0.2) is 9.97 Å². The Morgan fingerprint density at radius 1 is 1.03 bits per heavy atom. The number of hydrogen-bond donors (Lipinski definition) is 1. The average molecular weight is 550 g/mol. The minimum atomic E-state index is -0.0241. The average Bonchev–Trinajstić information content (AvgIpc) is 2.95. The highest BCUT2D eigenvalue weighted by atomic mass is 35.5. The molecule has 0 saturated carbocycles. The quantitative estimate of drug-likeness (QED) is 0.126. The molecule has 0 bridgehead atoms. The van der Waals surface area contributed by atoms with Crippen LogP contribution < -0.4 is 10.2 Å². The summed E-state index contributed by atoms with van der Waals surface area (Å²) in [6.07, 6.45) is 7.67. The number of piperazine rings is 1. The maximum atomic E-state index is 12.5. The molecular formula is C30H36ClN5OS. The molecule has 0 unspecified atom stereocenters. The molecule has 4 rings (SSSR count). The van der Waals surface area contributed by atoms with Gasteiger partial charge in [-0.3, -0.25) is 9.69 Å². The van der Waals surface area contributed by atoms with E-state index in [0.29, 0.717) is 28.2 Å². The highest BCUT2D eigenvalue weighted by Gasteiger charge is 2.19. The fourth-order valence-electron chi connectivity index (χ4n) is 4.30. The third-order valence-corrected chi connectivity index (χ3v) is 7.57. The number of carbonyl (C=O) groups excluding carboxylic acids is 1. The molecule has 0 aliphatic carbocycles. The van der Waals surface area contributed by atoms with Crippen molar-refractivity contribution in [3.8, 4) is 0 Å². The van der Waals surface area contributed by atoms with Crippen molar-refractivity contribution in [2.45, 2.75) is 37.1 Å². The zero-order valence-electron chi connectivity index (χ0n) is 22.0.